The number of likely N-dealkylation sites (tertiary alicyclic amines) is 1. The molecule has 0 unspecified atom stereocenters. The SMILES string of the molecule is O=C(CCC1CCCC1)NCCC(=O)N1CCCC1. The molecule has 1 aliphatic carbocycles. The first-order valence-corrected chi connectivity index (χ1v) is 7.80. The van der Waals surface area contributed by atoms with Crippen LogP contribution in [0.4, 0.5) is 0 Å². The largest absolute Gasteiger partial charge is 0.356 e. The lowest BCUT2D eigenvalue weighted by Crippen LogP contribution is -2.32. The third kappa shape index (κ3) is 4.84. The van der Waals surface area contributed by atoms with E-state index >= 15 is 0 Å². The highest BCUT2D eigenvalue weighted by molar-refractivity contribution is 5.79. The van der Waals surface area contributed by atoms with E-state index in [1.165, 1.54) is 25.7 Å². The summed E-state index contributed by atoms with van der Waals surface area (Å²) in [5.74, 6) is 1.06. The summed E-state index contributed by atoms with van der Waals surface area (Å²) in [4.78, 5) is 25.3. The Kier molecular flexibility index (Phi) is 5.67. The van der Waals surface area contributed by atoms with Crippen LogP contribution in [0.5, 0.6) is 0 Å². The van der Waals surface area contributed by atoms with Crippen molar-refractivity contribution in [2.24, 2.45) is 5.92 Å². The van der Waals surface area contributed by atoms with Crippen molar-refractivity contribution in [3.05, 3.63) is 0 Å². The number of rotatable bonds is 6. The van der Waals surface area contributed by atoms with Crippen LogP contribution in [0.3, 0.4) is 0 Å². The van der Waals surface area contributed by atoms with Gasteiger partial charge in [-0.2, -0.15) is 0 Å². The number of amides is 2. The molecule has 19 heavy (non-hydrogen) atoms. The van der Waals surface area contributed by atoms with Crippen LogP contribution in [0.25, 0.3) is 0 Å². The molecule has 4 heteroatoms. The number of nitrogens with one attached hydrogen (secondary N) is 1. The second-order valence-electron chi connectivity index (χ2n) is 5.88. The van der Waals surface area contributed by atoms with Gasteiger partial charge >= 0.3 is 0 Å². The Hall–Kier alpha value is -1.06. The highest BCUT2D eigenvalue weighted by Crippen LogP contribution is 2.28. The summed E-state index contributed by atoms with van der Waals surface area (Å²) >= 11 is 0. The molecule has 0 aromatic heterocycles. The summed E-state index contributed by atoms with van der Waals surface area (Å²) in [5, 5.41) is 2.87. The minimum atomic E-state index is 0.112. The summed E-state index contributed by atoms with van der Waals surface area (Å²) in [6.45, 7) is 2.29. The fourth-order valence-electron chi connectivity index (χ4n) is 3.16. The molecule has 1 saturated heterocycles. The molecule has 2 fully saturated rings. The van der Waals surface area contributed by atoms with Crippen molar-refractivity contribution in [1.29, 1.82) is 0 Å². The van der Waals surface area contributed by atoms with Gasteiger partial charge in [0.1, 0.15) is 0 Å². The molecule has 2 aliphatic rings. The minimum absolute atomic E-state index is 0.112. The molecule has 0 aromatic rings. The van der Waals surface area contributed by atoms with Gasteiger partial charge in [-0.05, 0) is 25.2 Å². The molecule has 0 bridgehead atoms. The van der Waals surface area contributed by atoms with Gasteiger partial charge in [-0.25, -0.2) is 0 Å². The van der Waals surface area contributed by atoms with Gasteiger partial charge in [-0.1, -0.05) is 25.7 Å². The molecule has 0 spiro atoms. The first kappa shape index (κ1) is 14.4. The van der Waals surface area contributed by atoms with Crippen molar-refractivity contribution >= 4 is 11.8 Å². The average Bonchev–Trinajstić information content (AvgIpc) is 3.09. The van der Waals surface area contributed by atoms with Crippen LogP contribution in [0.15, 0.2) is 0 Å². The normalized spacial score (nSPS) is 19.9. The molecule has 1 aliphatic heterocycles. The summed E-state index contributed by atoms with van der Waals surface area (Å²) in [6, 6.07) is 0. The Morgan fingerprint density at radius 3 is 2.37 bits per heavy atom. The molecule has 0 atom stereocenters. The van der Waals surface area contributed by atoms with E-state index in [9.17, 15) is 9.59 Å². The zero-order valence-corrected chi connectivity index (χ0v) is 11.8. The molecule has 1 N–H and O–H groups in total. The van der Waals surface area contributed by atoms with E-state index in [4.69, 9.17) is 0 Å². The Morgan fingerprint density at radius 2 is 1.68 bits per heavy atom. The van der Waals surface area contributed by atoms with Crippen LogP contribution < -0.4 is 5.32 Å². The summed E-state index contributed by atoms with van der Waals surface area (Å²) in [7, 11) is 0. The van der Waals surface area contributed by atoms with E-state index in [2.05, 4.69) is 5.32 Å². The van der Waals surface area contributed by atoms with Crippen LogP contribution in [-0.2, 0) is 9.59 Å². The minimum Gasteiger partial charge on any atom is -0.356 e. The Balaban J connectivity index is 1.52. The molecular weight excluding hydrogens is 240 g/mol. The van der Waals surface area contributed by atoms with Gasteiger partial charge in [0.2, 0.25) is 11.8 Å². The van der Waals surface area contributed by atoms with Crippen LogP contribution in [0, 0.1) is 5.92 Å². The van der Waals surface area contributed by atoms with Crippen molar-refractivity contribution in [2.45, 2.75) is 57.8 Å². The maximum absolute atomic E-state index is 11.8. The molecule has 2 rings (SSSR count). The molecule has 1 saturated carbocycles. The van der Waals surface area contributed by atoms with Crippen LogP contribution in [-0.4, -0.2) is 36.3 Å². The van der Waals surface area contributed by atoms with Gasteiger partial charge in [0, 0.05) is 32.5 Å². The van der Waals surface area contributed by atoms with Crippen LogP contribution in [0.2, 0.25) is 0 Å². The lowest BCUT2D eigenvalue weighted by Gasteiger charge is -2.15. The third-order valence-corrected chi connectivity index (χ3v) is 4.37. The lowest BCUT2D eigenvalue weighted by atomic mass is 10.0. The van der Waals surface area contributed by atoms with Crippen molar-refractivity contribution in [1.82, 2.24) is 10.2 Å². The Morgan fingerprint density at radius 1 is 1.00 bits per heavy atom. The molecule has 2 amide bonds. The second kappa shape index (κ2) is 7.51. The first-order chi connectivity index (χ1) is 9.25. The summed E-state index contributed by atoms with van der Waals surface area (Å²) < 4.78 is 0. The number of hydrogen-bond donors (Lipinski definition) is 1. The quantitative estimate of drug-likeness (QED) is 0.800. The van der Waals surface area contributed by atoms with Gasteiger partial charge < -0.3 is 10.2 Å². The van der Waals surface area contributed by atoms with Crippen molar-refractivity contribution in [3.63, 3.8) is 0 Å². The third-order valence-electron chi connectivity index (χ3n) is 4.37. The maximum Gasteiger partial charge on any atom is 0.224 e. The monoisotopic (exact) mass is 266 g/mol. The van der Waals surface area contributed by atoms with E-state index < -0.39 is 0 Å². The highest BCUT2D eigenvalue weighted by atomic mass is 16.2. The van der Waals surface area contributed by atoms with Crippen molar-refractivity contribution in [3.8, 4) is 0 Å². The molecule has 1 heterocycles. The Labute approximate surface area is 115 Å². The molecule has 108 valence electrons. The van der Waals surface area contributed by atoms with E-state index in [-0.39, 0.29) is 11.8 Å². The van der Waals surface area contributed by atoms with Gasteiger partial charge in [0.05, 0.1) is 0 Å². The van der Waals surface area contributed by atoms with E-state index in [1.54, 1.807) is 0 Å². The predicted molar refractivity (Wildman–Crippen MR) is 74.6 cm³/mol. The van der Waals surface area contributed by atoms with Crippen molar-refractivity contribution in [2.75, 3.05) is 19.6 Å². The smallest absolute Gasteiger partial charge is 0.224 e. The Bertz CT molecular complexity index is 305. The summed E-state index contributed by atoms with van der Waals surface area (Å²) in [6.07, 6.45) is 9.59. The van der Waals surface area contributed by atoms with E-state index in [0.717, 1.165) is 38.3 Å². The van der Waals surface area contributed by atoms with Crippen molar-refractivity contribution < 1.29 is 9.59 Å². The molecule has 0 radical (unpaired) electrons. The second-order valence-corrected chi connectivity index (χ2v) is 5.88. The molecule has 4 nitrogen and oxygen atoms in total. The van der Waals surface area contributed by atoms with Crippen LogP contribution in [0.1, 0.15) is 57.8 Å². The zero-order valence-electron chi connectivity index (χ0n) is 11.8. The van der Waals surface area contributed by atoms with Gasteiger partial charge in [-0.15, -0.1) is 0 Å². The fourth-order valence-corrected chi connectivity index (χ4v) is 3.16. The van der Waals surface area contributed by atoms with E-state index in [1.807, 2.05) is 4.90 Å². The lowest BCUT2D eigenvalue weighted by molar-refractivity contribution is -0.130. The number of carbonyl (C=O) groups excluding carboxylic acids is 2. The molecule has 0 aromatic carbocycles. The number of nitrogens with zero attached hydrogens (tertiary/aromatic N) is 1. The number of hydrogen-bond acceptors (Lipinski definition) is 2. The zero-order chi connectivity index (χ0) is 13.5. The fraction of sp³-hybridized carbons (Fsp3) is 0.867. The van der Waals surface area contributed by atoms with Gasteiger partial charge in [-0.3, -0.25) is 9.59 Å². The standard InChI is InChI=1S/C15H26N2O2/c18-14(8-7-13-5-1-2-6-13)16-10-9-15(19)17-11-3-4-12-17/h13H,1-12H2,(H,16,18). The van der Waals surface area contributed by atoms with Gasteiger partial charge in [0.25, 0.3) is 0 Å². The van der Waals surface area contributed by atoms with Crippen LogP contribution >= 0.6 is 0 Å². The average molecular weight is 266 g/mol. The maximum atomic E-state index is 11.8. The van der Waals surface area contributed by atoms with Gasteiger partial charge in [0.15, 0.2) is 0 Å². The summed E-state index contributed by atoms with van der Waals surface area (Å²) in [5.41, 5.74) is 0. The molecular formula is C15H26N2O2. The predicted octanol–water partition coefficient (Wildman–Crippen LogP) is 2.09. The van der Waals surface area contributed by atoms with E-state index in [0.29, 0.717) is 19.4 Å². The first-order valence-electron chi connectivity index (χ1n) is 7.80. The topological polar surface area (TPSA) is 49.4 Å². The number of carbonyl (C=O) groups is 2. The highest BCUT2D eigenvalue weighted by Gasteiger charge is 2.18.